The molecule has 0 radical (unpaired) electrons. The third kappa shape index (κ3) is 4.44. The Balaban J connectivity index is 1.87. The van der Waals surface area contributed by atoms with Gasteiger partial charge in [-0.25, -0.2) is 0 Å². The van der Waals surface area contributed by atoms with E-state index in [9.17, 15) is 22.8 Å². The van der Waals surface area contributed by atoms with Gasteiger partial charge in [0.2, 0.25) is 5.91 Å². The molecule has 5 nitrogen and oxygen atoms in total. The minimum absolute atomic E-state index is 0.144. The van der Waals surface area contributed by atoms with Crippen molar-refractivity contribution in [2.45, 2.75) is 25.0 Å². The van der Waals surface area contributed by atoms with Crippen LogP contribution in [0.3, 0.4) is 0 Å². The molecule has 2 unspecified atom stereocenters. The van der Waals surface area contributed by atoms with E-state index < -0.39 is 29.3 Å². The average Bonchev–Trinajstić information content (AvgIpc) is 2.69. The summed E-state index contributed by atoms with van der Waals surface area (Å²) < 4.78 is 40.9. The number of alkyl halides is 4. The van der Waals surface area contributed by atoms with Crippen LogP contribution in [0.15, 0.2) is 59.1 Å². The smallest absolute Gasteiger partial charge is 0.395 e. The lowest BCUT2D eigenvalue weighted by Gasteiger charge is -2.26. The van der Waals surface area contributed by atoms with E-state index in [2.05, 4.69) is 5.32 Å². The van der Waals surface area contributed by atoms with Gasteiger partial charge in [0.1, 0.15) is 0 Å². The molecule has 3 rings (SSSR count). The predicted molar refractivity (Wildman–Crippen MR) is 109 cm³/mol. The van der Waals surface area contributed by atoms with Crippen LogP contribution < -0.4 is 10.9 Å². The topological polar surface area (TPSA) is 71.3 Å². The van der Waals surface area contributed by atoms with Crippen molar-refractivity contribution in [2.75, 3.05) is 11.9 Å². The summed E-state index contributed by atoms with van der Waals surface area (Å²) in [7, 11) is 0. The zero-order valence-electron chi connectivity index (χ0n) is 16.0. The first-order chi connectivity index (χ1) is 14.1. The van der Waals surface area contributed by atoms with Crippen LogP contribution in [0.2, 0.25) is 0 Å². The molecule has 3 atom stereocenters. The van der Waals surface area contributed by atoms with Crippen LogP contribution in [0.1, 0.15) is 6.92 Å². The van der Waals surface area contributed by atoms with E-state index in [0.29, 0.717) is 16.5 Å². The van der Waals surface area contributed by atoms with Gasteiger partial charge >= 0.3 is 6.18 Å². The summed E-state index contributed by atoms with van der Waals surface area (Å²) in [5.74, 6) is -3.23. The van der Waals surface area contributed by atoms with Crippen molar-refractivity contribution >= 4 is 34.0 Å². The number of aliphatic hydroxyl groups excluding tert-OH is 1. The summed E-state index contributed by atoms with van der Waals surface area (Å²) >= 11 is 5.76. The van der Waals surface area contributed by atoms with Crippen molar-refractivity contribution in [2.24, 2.45) is 11.8 Å². The molecule has 2 aromatic rings. The number of nitrogens with one attached hydrogen (secondary N) is 1. The molecule has 1 aromatic heterocycles. The van der Waals surface area contributed by atoms with Gasteiger partial charge in [-0.3, -0.25) is 9.59 Å². The minimum Gasteiger partial charge on any atom is -0.395 e. The fraction of sp³-hybridized carbons (Fsp3) is 0.333. The van der Waals surface area contributed by atoms with E-state index in [1.165, 1.54) is 29.8 Å². The molecule has 1 heterocycles. The predicted octanol–water partition coefficient (Wildman–Crippen LogP) is 3.85. The number of aromatic nitrogens is 1. The minimum atomic E-state index is -4.51. The molecule has 0 bridgehead atoms. The van der Waals surface area contributed by atoms with Crippen LogP contribution in [0.4, 0.5) is 18.9 Å². The molecule has 1 aromatic carbocycles. The van der Waals surface area contributed by atoms with Crippen LogP contribution in [-0.4, -0.2) is 33.7 Å². The maximum atomic E-state index is 13.2. The summed E-state index contributed by atoms with van der Waals surface area (Å²) in [6, 6.07) is 6.46. The monoisotopic (exact) mass is 440 g/mol. The van der Waals surface area contributed by atoms with Gasteiger partial charge in [0.25, 0.3) is 5.56 Å². The molecule has 1 aliphatic carbocycles. The van der Waals surface area contributed by atoms with Gasteiger partial charge in [-0.2, -0.15) is 13.2 Å². The lowest BCUT2D eigenvalue weighted by Crippen LogP contribution is -2.32. The van der Waals surface area contributed by atoms with E-state index in [1.54, 1.807) is 24.3 Å². The van der Waals surface area contributed by atoms with E-state index in [0.717, 1.165) is 6.08 Å². The number of amides is 1. The second-order valence-corrected chi connectivity index (χ2v) is 7.56. The van der Waals surface area contributed by atoms with Gasteiger partial charge in [0, 0.05) is 29.2 Å². The first-order valence-corrected chi connectivity index (χ1v) is 9.71. The molecule has 0 fully saturated rings. The average molecular weight is 441 g/mol. The van der Waals surface area contributed by atoms with Crippen LogP contribution in [0.5, 0.6) is 0 Å². The molecule has 1 amide bonds. The highest BCUT2D eigenvalue weighted by molar-refractivity contribution is 6.22. The zero-order chi connectivity index (χ0) is 22.1. The highest BCUT2D eigenvalue weighted by atomic mass is 35.5. The molecule has 2 N–H and O–H groups in total. The highest BCUT2D eigenvalue weighted by Gasteiger charge is 2.43. The highest BCUT2D eigenvalue weighted by Crippen LogP contribution is 2.37. The van der Waals surface area contributed by atoms with Crippen molar-refractivity contribution < 1.29 is 23.1 Å². The second-order valence-electron chi connectivity index (χ2n) is 7.05. The van der Waals surface area contributed by atoms with E-state index in [4.69, 9.17) is 16.7 Å². The Kier molecular flexibility index (Phi) is 6.38. The number of pyridine rings is 1. The number of nitrogens with zero attached hydrogens (tertiary/aromatic N) is 1. The van der Waals surface area contributed by atoms with Gasteiger partial charge in [0.05, 0.1) is 23.8 Å². The van der Waals surface area contributed by atoms with Crippen LogP contribution in [-0.2, 0) is 11.3 Å². The Morgan fingerprint density at radius 3 is 2.70 bits per heavy atom. The second kappa shape index (κ2) is 8.65. The number of hydrogen-bond acceptors (Lipinski definition) is 3. The number of fused-ring (bicyclic) bond motifs is 1. The van der Waals surface area contributed by atoms with Crippen molar-refractivity contribution in [1.82, 2.24) is 4.57 Å². The summed E-state index contributed by atoms with van der Waals surface area (Å²) in [5, 5.41) is 11.4. The molecule has 30 heavy (non-hydrogen) atoms. The third-order valence-corrected chi connectivity index (χ3v) is 5.49. The molecular weight excluding hydrogens is 421 g/mol. The lowest BCUT2D eigenvalue weighted by atomic mass is 9.88. The first kappa shape index (κ1) is 22.1. The number of aliphatic hydroxyl groups is 1. The first-order valence-electron chi connectivity index (χ1n) is 9.28. The lowest BCUT2D eigenvalue weighted by molar-refractivity contribution is -0.159. The third-order valence-electron chi connectivity index (χ3n) is 5.08. The Morgan fingerprint density at radius 2 is 2.03 bits per heavy atom. The van der Waals surface area contributed by atoms with Crippen molar-refractivity contribution in [3.8, 4) is 0 Å². The molecule has 0 saturated heterocycles. The number of anilines is 1. The normalized spacial score (nSPS) is 20.1. The van der Waals surface area contributed by atoms with Crippen LogP contribution >= 0.6 is 11.6 Å². The molecular formula is C21H20ClF3N2O3. The Hall–Kier alpha value is -2.58. The standard InChI is InChI=1S/C21H20ClF3N2O3/c1-12(13-5-6-17(22)16(11-13)21(23,24)25)19(29)26-18-4-2-3-15-14(18)7-8-27(9-10-28)20(15)30/h2-8,11-12,16-17,28H,9-10H2,1H3,(H,26,29)/t12?,16?,17-/m0/s1. The van der Waals surface area contributed by atoms with Crippen LogP contribution in [0.25, 0.3) is 10.8 Å². The maximum absolute atomic E-state index is 13.2. The van der Waals surface area contributed by atoms with Gasteiger partial charge in [-0.1, -0.05) is 24.3 Å². The maximum Gasteiger partial charge on any atom is 0.396 e. The molecule has 0 saturated carbocycles. The molecule has 0 spiro atoms. The number of benzene rings is 1. The Bertz CT molecular complexity index is 1080. The zero-order valence-corrected chi connectivity index (χ0v) is 16.7. The molecule has 0 aliphatic heterocycles. The molecule has 160 valence electrons. The van der Waals surface area contributed by atoms with Gasteiger partial charge in [-0.05, 0) is 30.7 Å². The molecule has 1 aliphatic rings. The van der Waals surface area contributed by atoms with Gasteiger partial charge in [-0.15, -0.1) is 11.6 Å². The van der Waals surface area contributed by atoms with E-state index >= 15 is 0 Å². The number of rotatable bonds is 5. The summed E-state index contributed by atoms with van der Waals surface area (Å²) in [6.45, 7) is 1.46. The van der Waals surface area contributed by atoms with E-state index in [1.807, 2.05) is 0 Å². The Morgan fingerprint density at radius 1 is 1.30 bits per heavy atom. The number of carbonyl (C=O) groups excluding carboxylic acids is 1. The summed E-state index contributed by atoms with van der Waals surface area (Å²) in [5.41, 5.74) is 0.280. The quantitative estimate of drug-likeness (QED) is 0.694. The SMILES string of the molecule is CC(C(=O)Nc1cccc2c(=O)n(CCO)ccc12)C1=CC(C(F)(F)F)[C@@H](Cl)C=C1. The number of carbonyl (C=O) groups is 1. The summed E-state index contributed by atoms with van der Waals surface area (Å²) in [4.78, 5) is 25.2. The largest absolute Gasteiger partial charge is 0.396 e. The summed E-state index contributed by atoms with van der Waals surface area (Å²) in [6.07, 6.45) is 0.656. The fourth-order valence-electron chi connectivity index (χ4n) is 3.34. The molecule has 9 heteroatoms. The van der Waals surface area contributed by atoms with Gasteiger partial charge in [0.15, 0.2) is 0 Å². The number of halogens is 4. The van der Waals surface area contributed by atoms with E-state index in [-0.39, 0.29) is 24.3 Å². The van der Waals surface area contributed by atoms with Crippen LogP contribution in [0, 0.1) is 11.8 Å². The van der Waals surface area contributed by atoms with Gasteiger partial charge < -0.3 is 15.0 Å². The van der Waals surface area contributed by atoms with Crippen molar-refractivity contribution in [3.05, 3.63) is 64.6 Å². The Labute approximate surface area is 175 Å². The number of hydrogen-bond donors (Lipinski definition) is 2. The fourth-order valence-corrected chi connectivity index (χ4v) is 3.63. The van der Waals surface area contributed by atoms with Crippen molar-refractivity contribution in [1.29, 1.82) is 0 Å². The van der Waals surface area contributed by atoms with Crippen molar-refractivity contribution in [3.63, 3.8) is 0 Å². The number of allylic oxidation sites excluding steroid dienone is 3.